The third kappa shape index (κ3) is 0.899. The summed E-state index contributed by atoms with van der Waals surface area (Å²) in [5.41, 5.74) is 6.27. The van der Waals surface area contributed by atoms with E-state index in [1.807, 2.05) is 6.92 Å². The summed E-state index contributed by atoms with van der Waals surface area (Å²) in [4.78, 5) is 4.63. The lowest BCUT2D eigenvalue weighted by Gasteiger charge is -1.94. The lowest BCUT2D eigenvalue weighted by atomic mass is 10.3. The van der Waals surface area contributed by atoms with Gasteiger partial charge in [0.05, 0.1) is 5.71 Å². The summed E-state index contributed by atoms with van der Waals surface area (Å²) >= 11 is 0. The topological polar surface area (TPSA) is 47.6 Å². The second kappa shape index (κ2) is 1.50. The highest BCUT2D eigenvalue weighted by atomic mass is 16.7. The Morgan fingerprint density at radius 3 is 2.86 bits per heavy atom. The van der Waals surface area contributed by atoms with Gasteiger partial charge < -0.3 is 4.84 Å². The van der Waals surface area contributed by atoms with Crippen LogP contribution in [0, 0.1) is 0 Å². The number of hydrogen-bond donors (Lipinski definition) is 1. The van der Waals surface area contributed by atoms with E-state index in [1.54, 1.807) is 0 Å². The van der Waals surface area contributed by atoms with E-state index in [-0.39, 0.29) is 6.23 Å². The highest BCUT2D eigenvalue weighted by Gasteiger charge is 2.10. The minimum Gasteiger partial charge on any atom is -0.377 e. The molecule has 1 aliphatic heterocycles. The zero-order valence-corrected chi connectivity index (χ0v) is 4.22. The molecule has 1 aliphatic rings. The molecule has 0 fully saturated rings. The molecule has 0 saturated carbocycles. The fraction of sp³-hybridized carbons (Fsp3) is 0.750. The van der Waals surface area contributed by atoms with Crippen molar-refractivity contribution in [2.75, 3.05) is 0 Å². The average molecular weight is 100 g/mol. The number of oxime groups is 1. The first kappa shape index (κ1) is 4.59. The molecule has 0 aromatic rings. The largest absolute Gasteiger partial charge is 0.377 e. The van der Waals surface area contributed by atoms with Crippen molar-refractivity contribution < 1.29 is 4.84 Å². The van der Waals surface area contributed by atoms with Crippen LogP contribution in [0.4, 0.5) is 0 Å². The van der Waals surface area contributed by atoms with Crippen molar-refractivity contribution in [2.45, 2.75) is 19.6 Å². The van der Waals surface area contributed by atoms with Gasteiger partial charge in [0, 0.05) is 6.42 Å². The van der Waals surface area contributed by atoms with Gasteiger partial charge in [0.15, 0.2) is 6.23 Å². The van der Waals surface area contributed by atoms with Crippen molar-refractivity contribution in [2.24, 2.45) is 10.9 Å². The van der Waals surface area contributed by atoms with Crippen molar-refractivity contribution in [3.05, 3.63) is 0 Å². The smallest absolute Gasteiger partial charge is 0.181 e. The average Bonchev–Trinajstić information content (AvgIpc) is 1.87. The zero-order chi connectivity index (χ0) is 5.28. The van der Waals surface area contributed by atoms with Gasteiger partial charge in [-0.1, -0.05) is 5.16 Å². The lowest BCUT2D eigenvalue weighted by molar-refractivity contribution is 0.0906. The van der Waals surface area contributed by atoms with E-state index >= 15 is 0 Å². The van der Waals surface area contributed by atoms with Crippen molar-refractivity contribution in [1.29, 1.82) is 0 Å². The summed E-state index contributed by atoms with van der Waals surface area (Å²) in [7, 11) is 0. The Kier molecular flexibility index (Phi) is 0.982. The van der Waals surface area contributed by atoms with Crippen LogP contribution < -0.4 is 5.73 Å². The zero-order valence-electron chi connectivity index (χ0n) is 4.22. The molecule has 7 heavy (non-hydrogen) atoms. The maximum Gasteiger partial charge on any atom is 0.181 e. The molecule has 0 spiro atoms. The monoisotopic (exact) mass is 100 g/mol. The van der Waals surface area contributed by atoms with Crippen LogP contribution in [0.3, 0.4) is 0 Å². The van der Waals surface area contributed by atoms with Crippen LogP contribution in [0.2, 0.25) is 0 Å². The highest BCUT2D eigenvalue weighted by Crippen LogP contribution is 2.02. The molecule has 1 atom stereocenters. The van der Waals surface area contributed by atoms with Crippen LogP contribution in [0.25, 0.3) is 0 Å². The number of nitrogens with two attached hydrogens (primary N) is 1. The molecule has 0 aliphatic carbocycles. The third-order valence-electron chi connectivity index (χ3n) is 0.841. The number of nitrogens with zero attached hydrogens (tertiary/aromatic N) is 1. The molecular weight excluding hydrogens is 92.1 g/mol. The predicted molar refractivity (Wildman–Crippen MR) is 26.8 cm³/mol. The minimum atomic E-state index is -0.181. The summed E-state index contributed by atoms with van der Waals surface area (Å²) in [5, 5.41) is 3.61. The summed E-state index contributed by atoms with van der Waals surface area (Å²) in [6.45, 7) is 1.90. The molecule has 1 unspecified atom stereocenters. The molecule has 2 N–H and O–H groups in total. The molecule has 1 rings (SSSR count). The van der Waals surface area contributed by atoms with Gasteiger partial charge in [-0.05, 0) is 6.92 Å². The fourth-order valence-corrected chi connectivity index (χ4v) is 0.523. The van der Waals surface area contributed by atoms with E-state index in [9.17, 15) is 0 Å². The van der Waals surface area contributed by atoms with E-state index in [0.29, 0.717) is 0 Å². The second-order valence-corrected chi connectivity index (χ2v) is 1.67. The van der Waals surface area contributed by atoms with Gasteiger partial charge in [0.2, 0.25) is 0 Å². The Morgan fingerprint density at radius 1 is 2.00 bits per heavy atom. The lowest BCUT2D eigenvalue weighted by Crippen LogP contribution is -2.18. The molecule has 40 valence electrons. The molecule has 0 saturated heterocycles. The minimum absolute atomic E-state index is 0.181. The quantitative estimate of drug-likeness (QED) is 0.468. The van der Waals surface area contributed by atoms with E-state index in [1.165, 1.54) is 0 Å². The second-order valence-electron chi connectivity index (χ2n) is 1.67. The summed E-state index contributed by atoms with van der Waals surface area (Å²) < 4.78 is 0. The maximum atomic E-state index is 5.29. The molecule has 0 aromatic heterocycles. The van der Waals surface area contributed by atoms with Crippen molar-refractivity contribution in [1.82, 2.24) is 0 Å². The summed E-state index contributed by atoms with van der Waals surface area (Å²) in [6.07, 6.45) is 0.597. The van der Waals surface area contributed by atoms with Crippen LogP contribution in [0.5, 0.6) is 0 Å². The summed E-state index contributed by atoms with van der Waals surface area (Å²) in [6, 6.07) is 0. The predicted octanol–water partition coefficient (Wildman–Crippen LogP) is 0.0674. The van der Waals surface area contributed by atoms with Crippen molar-refractivity contribution >= 4 is 5.71 Å². The van der Waals surface area contributed by atoms with Gasteiger partial charge in [0.1, 0.15) is 0 Å². The normalized spacial score (nSPS) is 29.4. The van der Waals surface area contributed by atoms with E-state index < -0.39 is 0 Å². The van der Waals surface area contributed by atoms with E-state index in [2.05, 4.69) is 9.99 Å². The third-order valence-corrected chi connectivity index (χ3v) is 0.841. The Balaban J connectivity index is 2.42. The summed E-state index contributed by atoms with van der Waals surface area (Å²) in [5.74, 6) is 0. The molecule has 0 aromatic carbocycles. The van der Waals surface area contributed by atoms with Crippen LogP contribution in [0.15, 0.2) is 5.16 Å². The van der Waals surface area contributed by atoms with Crippen LogP contribution in [0.1, 0.15) is 13.3 Å². The molecule has 0 radical (unpaired) electrons. The van der Waals surface area contributed by atoms with E-state index in [4.69, 9.17) is 5.73 Å². The first-order valence-electron chi connectivity index (χ1n) is 2.24. The van der Waals surface area contributed by atoms with Gasteiger partial charge in [-0.2, -0.15) is 0 Å². The molecule has 3 nitrogen and oxygen atoms in total. The Labute approximate surface area is 42.1 Å². The van der Waals surface area contributed by atoms with Crippen LogP contribution in [-0.2, 0) is 4.84 Å². The first-order chi connectivity index (χ1) is 3.29. The SMILES string of the molecule is CC1=NOC(N)C1. The standard InChI is InChI=1S/C4H8N2O/c1-3-2-4(5)7-6-3/h4H,2,5H2,1H3. The van der Waals surface area contributed by atoms with Gasteiger partial charge in [-0.25, -0.2) is 0 Å². The fourth-order valence-electron chi connectivity index (χ4n) is 0.523. The first-order valence-corrected chi connectivity index (χ1v) is 2.24. The molecule has 0 amide bonds. The Morgan fingerprint density at radius 2 is 2.71 bits per heavy atom. The van der Waals surface area contributed by atoms with Crippen molar-refractivity contribution in [3.8, 4) is 0 Å². The van der Waals surface area contributed by atoms with Gasteiger partial charge in [0.25, 0.3) is 0 Å². The Hall–Kier alpha value is -0.570. The Bertz CT molecular complexity index is 99.9. The van der Waals surface area contributed by atoms with Crippen molar-refractivity contribution in [3.63, 3.8) is 0 Å². The number of hydrogen-bond acceptors (Lipinski definition) is 3. The molecule has 0 bridgehead atoms. The van der Waals surface area contributed by atoms with Crippen LogP contribution in [-0.4, -0.2) is 11.9 Å². The maximum absolute atomic E-state index is 5.29. The number of rotatable bonds is 0. The molecule has 1 heterocycles. The van der Waals surface area contributed by atoms with Gasteiger partial charge in [-0.3, -0.25) is 5.73 Å². The van der Waals surface area contributed by atoms with E-state index in [0.717, 1.165) is 12.1 Å². The van der Waals surface area contributed by atoms with Gasteiger partial charge >= 0.3 is 0 Å². The van der Waals surface area contributed by atoms with Crippen LogP contribution >= 0.6 is 0 Å². The molecular formula is C4H8N2O. The molecule has 3 heteroatoms. The van der Waals surface area contributed by atoms with Gasteiger partial charge in [-0.15, -0.1) is 0 Å². The highest BCUT2D eigenvalue weighted by molar-refractivity contribution is 5.82.